The van der Waals surface area contributed by atoms with E-state index in [0.717, 1.165) is 0 Å². The van der Waals surface area contributed by atoms with E-state index >= 15 is 0 Å². The highest BCUT2D eigenvalue weighted by molar-refractivity contribution is 5.85. The van der Waals surface area contributed by atoms with Gasteiger partial charge in [0.2, 0.25) is 5.91 Å². The Morgan fingerprint density at radius 3 is 2.95 bits per heavy atom. The molecule has 0 bridgehead atoms. The molecule has 0 aromatic heterocycles. The van der Waals surface area contributed by atoms with Crippen molar-refractivity contribution in [1.82, 2.24) is 0 Å². The van der Waals surface area contributed by atoms with Crippen LogP contribution in [0.2, 0.25) is 0 Å². The topological polar surface area (TPSA) is 122 Å². The fourth-order valence-electron chi connectivity index (χ4n) is 2.11. The van der Waals surface area contributed by atoms with Crippen molar-refractivity contribution in [2.24, 2.45) is 5.73 Å². The Labute approximate surface area is 114 Å². The van der Waals surface area contributed by atoms with Gasteiger partial charge in [-0.3, -0.25) is 14.9 Å². The Morgan fingerprint density at radius 2 is 2.35 bits per heavy atom. The predicted octanol–water partition coefficient (Wildman–Crippen LogP) is 0.157. The number of nitrogens with zero attached hydrogens (tertiary/aromatic N) is 3. The van der Waals surface area contributed by atoms with Gasteiger partial charge in [-0.15, -0.1) is 0 Å². The van der Waals surface area contributed by atoms with Crippen LogP contribution < -0.4 is 10.6 Å². The fourth-order valence-corrected chi connectivity index (χ4v) is 2.11. The van der Waals surface area contributed by atoms with E-state index in [4.69, 9.17) is 15.7 Å². The molecule has 1 aliphatic heterocycles. The molecule has 104 valence electrons. The summed E-state index contributed by atoms with van der Waals surface area (Å²) in [5, 5.41) is 19.9. The minimum Gasteiger partial charge on any atom is -0.377 e. The quantitative estimate of drug-likeness (QED) is 0.619. The molecule has 1 unspecified atom stereocenters. The van der Waals surface area contributed by atoms with Gasteiger partial charge >= 0.3 is 0 Å². The highest BCUT2D eigenvalue weighted by atomic mass is 16.6. The van der Waals surface area contributed by atoms with Gasteiger partial charge in [-0.25, -0.2) is 0 Å². The van der Waals surface area contributed by atoms with Crippen molar-refractivity contribution < 1.29 is 14.5 Å². The normalized spacial score (nSPS) is 18.4. The second kappa shape index (κ2) is 5.54. The SMILES string of the molecule is N#Cc1cc([N+](=O)[O-])ccc1N1CCOCC1C(N)=O. The Hall–Kier alpha value is -2.66. The van der Waals surface area contributed by atoms with Crippen molar-refractivity contribution in [2.45, 2.75) is 6.04 Å². The van der Waals surface area contributed by atoms with E-state index in [1.54, 1.807) is 4.90 Å². The summed E-state index contributed by atoms with van der Waals surface area (Å²) < 4.78 is 5.20. The molecule has 1 atom stereocenters. The predicted molar refractivity (Wildman–Crippen MR) is 69.0 cm³/mol. The Kier molecular flexibility index (Phi) is 3.81. The van der Waals surface area contributed by atoms with Crippen LogP contribution in [-0.2, 0) is 9.53 Å². The minimum atomic E-state index is -0.683. The number of nitrogens with two attached hydrogens (primary N) is 1. The zero-order valence-corrected chi connectivity index (χ0v) is 10.5. The van der Waals surface area contributed by atoms with Crippen LogP contribution in [0.5, 0.6) is 0 Å². The number of morpholine rings is 1. The Morgan fingerprint density at radius 1 is 1.60 bits per heavy atom. The Bertz CT molecular complexity index is 596. The largest absolute Gasteiger partial charge is 0.377 e. The van der Waals surface area contributed by atoms with Gasteiger partial charge < -0.3 is 15.4 Å². The van der Waals surface area contributed by atoms with E-state index in [9.17, 15) is 14.9 Å². The van der Waals surface area contributed by atoms with Gasteiger partial charge in [-0.2, -0.15) is 5.26 Å². The van der Waals surface area contributed by atoms with Crippen molar-refractivity contribution in [3.8, 4) is 6.07 Å². The van der Waals surface area contributed by atoms with Crippen LogP contribution in [0.15, 0.2) is 18.2 Å². The first kappa shape index (κ1) is 13.8. The highest BCUT2D eigenvalue weighted by Gasteiger charge is 2.29. The Balaban J connectivity index is 2.43. The van der Waals surface area contributed by atoms with Gasteiger partial charge in [0.25, 0.3) is 5.69 Å². The van der Waals surface area contributed by atoms with Gasteiger partial charge in [0.05, 0.1) is 29.4 Å². The third-order valence-electron chi connectivity index (χ3n) is 3.08. The number of primary amides is 1. The molecule has 1 heterocycles. The highest BCUT2D eigenvalue weighted by Crippen LogP contribution is 2.27. The maximum Gasteiger partial charge on any atom is 0.270 e. The number of nitriles is 1. The van der Waals surface area contributed by atoms with Crippen molar-refractivity contribution in [1.29, 1.82) is 5.26 Å². The lowest BCUT2D eigenvalue weighted by atomic mass is 10.1. The third-order valence-corrected chi connectivity index (χ3v) is 3.08. The fraction of sp³-hybridized carbons (Fsp3) is 0.333. The first-order valence-corrected chi connectivity index (χ1v) is 5.87. The number of amides is 1. The number of carbonyl (C=O) groups is 1. The molecule has 1 amide bonds. The van der Waals surface area contributed by atoms with Crippen molar-refractivity contribution in [3.63, 3.8) is 0 Å². The number of benzene rings is 1. The number of carbonyl (C=O) groups excluding carboxylic acids is 1. The number of ether oxygens (including phenoxy) is 1. The molecule has 1 saturated heterocycles. The van der Waals surface area contributed by atoms with Gasteiger partial charge in [0.15, 0.2) is 0 Å². The first-order chi connectivity index (χ1) is 9.54. The maximum atomic E-state index is 11.4. The van der Waals surface area contributed by atoms with Gasteiger partial charge in [0, 0.05) is 18.7 Å². The van der Waals surface area contributed by atoms with Crippen molar-refractivity contribution in [3.05, 3.63) is 33.9 Å². The minimum absolute atomic E-state index is 0.132. The van der Waals surface area contributed by atoms with Crippen LogP contribution in [-0.4, -0.2) is 36.6 Å². The standard InChI is InChI=1S/C12H12N4O4/c13-6-8-5-9(16(18)19)1-2-10(8)15-3-4-20-7-11(15)12(14)17/h1-2,5,11H,3-4,7H2,(H2,14,17). The number of hydrogen-bond acceptors (Lipinski definition) is 6. The van der Waals surface area contributed by atoms with Gasteiger partial charge in [-0.05, 0) is 6.07 Å². The molecule has 1 aliphatic rings. The molecule has 0 aliphatic carbocycles. The summed E-state index contributed by atoms with van der Waals surface area (Å²) in [5.74, 6) is -0.563. The van der Waals surface area contributed by atoms with Crippen LogP contribution in [0.25, 0.3) is 0 Å². The zero-order valence-electron chi connectivity index (χ0n) is 10.5. The molecule has 8 nitrogen and oxygen atoms in total. The molecule has 8 heteroatoms. The summed E-state index contributed by atoms with van der Waals surface area (Å²) in [5.41, 5.74) is 5.72. The number of hydrogen-bond donors (Lipinski definition) is 1. The summed E-state index contributed by atoms with van der Waals surface area (Å²) in [6, 6.07) is 5.16. The average Bonchev–Trinajstić information content (AvgIpc) is 2.46. The lowest BCUT2D eigenvalue weighted by molar-refractivity contribution is -0.384. The summed E-state index contributed by atoms with van der Waals surface area (Å²) in [4.78, 5) is 23.2. The summed E-state index contributed by atoms with van der Waals surface area (Å²) in [7, 11) is 0. The molecule has 2 rings (SSSR count). The molecule has 20 heavy (non-hydrogen) atoms. The van der Waals surface area contributed by atoms with Crippen LogP contribution in [0.1, 0.15) is 5.56 Å². The zero-order chi connectivity index (χ0) is 14.7. The second-order valence-corrected chi connectivity index (χ2v) is 4.26. The number of anilines is 1. The van der Waals surface area contributed by atoms with E-state index < -0.39 is 16.9 Å². The van der Waals surface area contributed by atoms with E-state index in [1.165, 1.54) is 18.2 Å². The van der Waals surface area contributed by atoms with Crippen LogP contribution in [0, 0.1) is 21.4 Å². The molecule has 1 aromatic rings. The molecule has 2 N–H and O–H groups in total. The van der Waals surface area contributed by atoms with Gasteiger partial charge in [0.1, 0.15) is 12.1 Å². The van der Waals surface area contributed by atoms with Crippen molar-refractivity contribution >= 4 is 17.3 Å². The number of rotatable bonds is 3. The van der Waals surface area contributed by atoms with E-state index in [-0.39, 0.29) is 17.9 Å². The maximum absolute atomic E-state index is 11.4. The third kappa shape index (κ3) is 2.53. The number of non-ortho nitro benzene ring substituents is 1. The summed E-state index contributed by atoms with van der Waals surface area (Å²) in [6.45, 7) is 0.920. The monoisotopic (exact) mass is 276 g/mol. The summed E-state index contributed by atoms with van der Waals surface area (Å²) in [6.07, 6.45) is 0. The van der Waals surface area contributed by atoms with E-state index in [0.29, 0.717) is 18.8 Å². The van der Waals surface area contributed by atoms with Crippen LogP contribution in [0.4, 0.5) is 11.4 Å². The molecular formula is C12H12N4O4. The van der Waals surface area contributed by atoms with Gasteiger partial charge in [-0.1, -0.05) is 0 Å². The smallest absolute Gasteiger partial charge is 0.270 e. The molecule has 0 radical (unpaired) electrons. The van der Waals surface area contributed by atoms with E-state index in [1.807, 2.05) is 6.07 Å². The van der Waals surface area contributed by atoms with Crippen LogP contribution >= 0.6 is 0 Å². The number of nitro benzene ring substituents is 1. The van der Waals surface area contributed by atoms with Crippen molar-refractivity contribution in [2.75, 3.05) is 24.7 Å². The molecule has 0 spiro atoms. The number of nitro groups is 1. The molecule has 0 saturated carbocycles. The summed E-state index contributed by atoms with van der Waals surface area (Å²) >= 11 is 0. The first-order valence-electron chi connectivity index (χ1n) is 5.87. The lowest BCUT2D eigenvalue weighted by Crippen LogP contribution is -2.52. The van der Waals surface area contributed by atoms with Crippen LogP contribution in [0.3, 0.4) is 0 Å². The lowest BCUT2D eigenvalue weighted by Gasteiger charge is -2.35. The van der Waals surface area contributed by atoms with E-state index in [2.05, 4.69) is 0 Å². The molecule has 1 fully saturated rings. The molecular weight excluding hydrogens is 264 g/mol. The second-order valence-electron chi connectivity index (χ2n) is 4.26. The molecule has 1 aromatic carbocycles. The average molecular weight is 276 g/mol.